The van der Waals surface area contributed by atoms with Gasteiger partial charge in [-0.3, -0.25) is 19.1 Å². The molecule has 17 heteroatoms. The van der Waals surface area contributed by atoms with E-state index >= 15 is 0 Å². The predicted octanol–water partition coefficient (Wildman–Crippen LogP) is 4.79. The van der Waals surface area contributed by atoms with E-state index in [0.717, 1.165) is 24.1 Å². The van der Waals surface area contributed by atoms with E-state index in [1.54, 1.807) is 21.2 Å². The summed E-state index contributed by atoms with van der Waals surface area (Å²) in [4.78, 5) is 68.6. The van der Waals surface area contributed by atoms with E-state index in [-0.39, 0.29) is 25.3 Å². The van der Waals surface area contributed by atoms with Crippen LogP contribution in [0, 0.1) is 12.8 Å². The number of ether oxygens (including phenoxy) is 2. The van der Waals surface area contributed by atoms with Crippen LogP contribution in [-0.4, -0.2) is 109 Å². The summed E-state index contributed by atoms with van der Waals surface area (Å²) >= 11 is 1.48. The van der Waals surface area contributed by atoms with Gasteiger partial charge in [0.05, 0.1) is 30.1 Å². The lowest BCUT2D eigenvalue weighted by atomic mass is 10.0. The monoisotopic (exact) mass is 835 g/mol. The Balaban J connectivity index is 1.25. The molecule has 1 saturated heterocycles. The molecule has 3 aromatic rings. The van der Waals surface area contributed by atoms with Crippen LogP contribution in [-0.2, 0) is 24.4 Å². The van der Waals surface area contributed by atoms with E-state index < -0.39 is 68.7 Å². The quantitative estimate of drug-likeness (QED) is 0.253. The fraction of sp³-hybridized carbons (Fsp3) is 0.561. The second-order valence-electron chi connectivity index (χ2n) is 16.4. The highest BCUT2D eigenvalue weighted by Crippen LogP contribution is 2.46. The predicted molar refractivity (Wildman–Crippen MR) is 220 cm³/mol. The molecule has 2 aliphatic carbocycles. The number of aromatic nitrogens is 2. The molecule has 0 radical (unpaired) electrons. The molecule has 312 valence electrons. The van der Waals surface area contributed by atoms with Crippen molar-refractivity contribution < 1.29 is 37.1 Å². The smallest absolute Gasteiger partial charge is 0.317 e. The van der Waals surface area contributed by atoms with Gasteiger partial charge in [0, 0.05) is 48.8 Å². The average Bonchev–Trinajstić information content (AvgIpc) is 4.06. The van der Waals surface area contributed by atoms with Crippen LogP contribution in [0.25, 0.3) is 21.6 Å². The van der Waals surface area contributed by atoms with E-state index in [4.69, 9.17) is 19.4 Å². The highest BCUT2D eigenvalue weighted by atomic mass is 32.2. The van der Waals surface area contributed by atoms with Gasteiger partial charge in [0.1, 0.15) is 45.9 Å². The number of methoxy groups -OCH3 is 1. The zero-order valence-corrected chi connectivity index (χ0v) is 35.5. The van der Waals surface area contributed by atoms with Gasteiger partial charge in [0.15, 0.2) is 0 Å². The van der Waals surface area contributed by atoms with Gasteiger partial charge in [-0.05, 0) is 63.5 Å². The number of rotatable bonds is 9. The minimum absolute atomic E-state index is 0.00682. The Morgan fingerprint density at radius 1 is 1.09 bits per heavy atom. The third-order valence-corrected chi connectivity index (χ3v) is 14.2. The molecule has 5 atom stereocenters. The highest BCUT2D eigenvalue weighted by Gasteiger charge is 2.62. The molecule has 4 heterocycles. The zero-order valence-electron chi connectivity index (χ0n) is 33.9. The minimum atomic E-state index is -3.90. The molecule has 15 nitrogen and oxygen atoms in total. The Kier molecular flexibility index (Phi) is 11.8. The van der Waals surface area contributed by atoms with Crippen LogP contribution in [0.4, 0.5) is 4.79 Å². The minimum Gasteiger partial charge on any atom is -0.496 e. The summed E-state index contributed by atoms with van der Waals surface area (Å²) in [5, 5.41) is 8.59. The number of thiazole rings is 1. The molecule has 0 bridgehead atoms. The molecule has 2 saturated carbocycles. The Morgan fingerprint density at radius 2 is 1.86 bits per heavy atom. The van der Waals surface area contributed by atoms with E-state index in [1.807, 2.05) is 42.7 Å². The molecule has 0 spiro atoms. The van der Waals surface area contributed by atoms with E-state index in [2.05, 4.69) is 29.2 Å². The van der Waals surface area contributed by atoms with Crippen molar-refractivity contribution in [1.29, 1.82) is 0 Å². The number of amides is 5. The molecule has 3 fully saturated rings. The number of aryl methyl sites for hydroxylation is 1. The largest absolute Gasteiger partial charge is 0.496 e. The summed E-state index contributed by atoms with van der Waals surface area (Å²) in [6.45, 7) is 6.08. The average molecular weight is 836 g/mol. The van der Waals surface area contributed by atoms with Crippen molar-refractivity contribution >= 4 is 56.0 Å². The lowest BCUT2D eigenvalue weighted by molar-refractivity contribution is -0.141. The van der Waals surface area contributed by atoms with Crippen molar-refractivity contribution in [3.63, 3.8) is 0 Å². The standard InChI is InChI=1S/C41H53N7O8S2/c1-23(2)31-22-57-37(43-31)30-19-34(28-16-17-33(55-6)24(3)35(28)42-30)56-26-18-32-36(49)45-41(39(51)46-58(53,54)27-14-15-27)20-25(41)12-10-8-7-9-11-13-29(38(50)48(32)21-26)44-40(52)47(4)5/h10,12,16-17,19,22-23,25-27,29,32H,7-9,11,13-15,18,20-21H2,1-6H3,(H,44,52)(H,45,49)(H,46,51). The van der Waals surface area contributed by atoms with E-state index in [9.17, 15) is 27.6 Å². The summed E-state index contributed by atoms with van der Waals surface area (Å²) in [6.07, 6.45) is 7.69. The number of carbonyl (C=O) groups excluding carboxylic acids is 4. The number of hydrogen-bond acceptors (Lipinski definition) is 11. The normalized spacial score (nSPS) is 25.3. The Labute approximate surface area is 343 Å². The second-order valence-corrected chi connectivity index (χ2v) is 19.2. The molecule has 2 aromatic heterocycles. The number of allylic oxidation sites excluding steroid dienone is 1. The van der Waals surface area contributed by atoms with Gasteiger partial charge < -0.3 is 29.9 Å². The van der Waals surface area contributed by atoms with Gasteiger partial charge in [0.25, 0.3) is 5.91 Å². The van der Waals surface area contributed by atoms with Crippen molar-refractivity contribution in [2.45, 2.75) is 113 Å². The first-order valence-electron chi connectivity index (χ1n) is 20.1. The van der Waals surface area contributed by atoms with Crippen LogP contribution in [0.5, 0.6) is 11.5 Å². The van der Waals surface area contributed by atoms with Gasteiger partial charge in [-0.1, -0.05) is 38.8 Å². The molecule has 3 N–H and O–H groups in total. The van der Waals surface area contributed by atoms with E-state index in [0.29, 0.717) is 65.2 Å². The third-order valence-electron chi connectivity index (χ3n) is 11.5. The number of fused-ring (bicyclic) bond motifs is 3. The number of pyridine rings is 1. The van der Waals surface area contributed by atoms with Crippen LogP contribution in [0.15, 0.2) is 35.7 Å². The van der Waals surface area contributed by atoms with Gasteiger partial charge >= 0.3 is 6.03 Å². The molecule has 4 aliphatic rings. The number of sulfonamides is 1. The maximum absolute atomic E-state index is 14.6. The molecule has 1 aromatic carbocycles. The van der Waals surface area contributed by atoms with Crippen molar-refractivity contribution in [3.05, 3.63) is 47.0 Å². The summed E-state index contributed by atoms with van der Waals surface area (Å²) in [7, 11) is 0.883. The second kappa shape index (κ2) is 16.5. The Hall–Kier alpha value is -4.77. The Morgan fingerprint density at radius 3 is 2.55 bits per heavy atom. The molecule has 5 unspecified atom stereocenters. The Bertz CT molecular complexity index is 2240. The molecule has 2 aliphatic heterocycles. The first-order chi connectivity index (χ1) is 27.6. The van der Waals surface area contributed by atoms with Gasteiger partial charge in [-0.15, -0.1) is 11.3 Å². The molecule has 7 rings (SSSR count). The van der Waals surface area contributed by atoms with Crippen molar-refractivity contribution in [1.82, 2.24) is 35.1 Å². The molecular weight excluding hydrogens is 783 g/mol. The summed E-state index contributed by atoms with van der Waals surface area (Å²) in [5.41, 5.74) is 1.50. The lowest BCUT2D eigenvalue weighted by Crippen LogP contribution is -2.58. The number of urea groups is 1. The number of carbonyl (C=O) groups is 4. The van der Waals surface area contributed by atoms with Gasteiger partial charge in [0.2, 0.25) is 21.8 Å². The van der Waals surface area contributed by atoms with E-state index in [1.165, 1.54) is 21.1 Å². The van der Waals surface area contributed by atoms with Gasteiger partial charge in [-0.2, -0.15) is 0 Å². The first-order valence-corrected chi connectivity index (χ1v) is 22.5. The molecular formula is C41H53N7O8S2. The summed E-state index contributed by atoms with van der Waals surface area (Å²) in [6, 6.07) is 3.07. The summed E-state index contributed by atoms with van der Waals surface area (Å²) in [5.74, 6) is -0.898. The number of benzene rings is 1. The topological polar surface area (TPSA) is 189 Å². The molecule has 5 amide bonds. The van der Waals surface area contributed by atoms with Crippen LogP contribution in [0.3, 0.4) is 0 Å². The maximum atomic E-state index is 14.6. The third kappa shape index (κ3) is 8.51. The lowest BCUT2D eigenvalue weighted by Gasteiger charge is -2.30. The summed E-state index contributed by atoms with van der Waals surface area (Å²) < 4.78 is 40.5. The maximum Gasteiger partial charge on any atom is 0.317 e. The van der Waals surface area contributed by atoms with Crippen molar-refractivity contribution in [2.75, 3.05) is 27.7 Å². The van der Waals surface area contributed by atoms with Crippen molar-refractivity contribution in [3.8, 4) is 22.2 Å². The number of nitrogens with one attached hydrogen (secondary N) is 3. The van der Waals surface area contributed by atoms with Crippen LogP contribution >= 0.6 is 11.3 Å². The van der Waals surface area contributed by atoms with Crippen LogP contribution in [0.2, 0.25) is 0 Å². The first kappa shape index (κ1) is 41.4. The fourth-order valence-electron chi connectivity index (χ4n) is 7.78. The number of nitrogens with zero attached hydrogens (tertiary/aromatic N) is 4. The fourth-order valence-corrected chi connectivity index (χ4v) is 10.1. The van der Waals surface area contributed by atoms with Crippen LogP contribution < -0.4 is 24.8 Å². The van der Waals surface area contributed by atoms with Crippen LogP contribution in [0.1, 0.15) is 88.8 Å². The number of hydrogen-bond donors (Lipinski definition) is 3. The zero-order chi connectivity index (χ0) is 41.5. The van der Waals surface area contributed by atoms with Crippen molar-refractivity contribution in [2.24, 2.45) is 5.92 Å². The highest BCUT2D eigenvalue weighted by molar-refractivity contribution is 7.91. The molecule has 58 heavy (non-hydrogen) atoms. The van der Waals surface area contributed by atoms with Gasteiger partial charge in [-0.25, -0.2) is 23.2 Å². The SMILES string of the molecule is COc1ccc2c(OC3CC4C(=O)NC5(C(=O)NS(=O)(=O)C6CC6)CC5C=CCCCCCC(NC(=O)N(C)C)C(=O)N4C3)cc(-c3nc(C(C)C)cs3)nc2c1C.